The lowest BCUT2D eigenvalue weighted by Crippen LogP contribution is -2.50. The van der Waals surface area contributed by atoms with Crippen LogP contribution < -0.4 is 5.73 Å². The molecule has 5 heteroatoms. The lowest BCUT2D eigenvalue weighted by atomic mass is 9.84. The molecule has 0 saturated carbocycles. The van der Waals surface area contributed by atoms with Crippen LogP contribution in [0, 0.1) is 11.3 Å². The van der Waals surface area contributed by atoms with Gasteiger partial charge in [0.1, 0.15) is 5.54 Å². The summed E-state index contributed by atoms with van der Waals surface area (Å²) in [5.41, 5.74) is 4.71. The van der Waals surface area contributed by atoms with E-state index in [1.807, 2.05) is 0 Å². The first-order valence-corrected chi connectivity index (χ1v) is 6.83. The molecule has 0 aromatic rings. The molecule has 0 aliphatic carbocycles. The van der Waals surface area contributed by atoms with Gasteiger partial charge in [0.05, 0.1) is 0 Å². The van der Waals surface area contributed by atoms with Crippen LogP contribution in [0.15, 0.2) is 0 Å². The number of rotatable bonds is 4. The van der Waals surface area contributed by atoms with Gasteiger partial charge in [-0.25, -0.2) is 0 Å². The Hall–Kier alpha value is -1.10. The fourth-order valence-corrected chi connectivity index (χ4v) is 2.77. The molecular formula is C14H26N2O3. The molecule has 0 aromatic carbocycles. The van der Waals surface area contributed by atoms with Gasteiger partial charge in [0, 0.05) is 19.5 Å². The number of nitrogens with zero attached hydrogens (tertiary/aromatic N) is 1. The van der Waals surface area contributed by atoms with Gasteiger partial charge in [-0.05, 0) is 24.2 Å². The number of carbonyl (C=O) groups excluding carboxylic acids is 1. The van der Waals surface area contributed by atoms with Crippen molar-refractivity contribution in [2.45, 2.75) is 52.5 Å². The third-order valence-electron chi connectivity index (χ3n) is 3.56. The number of likely N-dealkylation sites (tertiary alicyclic amines) is 1. The van der Waals surface area contributed by atoms with Gasteiger partial charge in [0.25, 0.3) is 0 Å². The third kappa shape index (κ3) is 4.49. The molecule has 0 spiro atoms. The van der Waals surface area contributed by atoms with Crippen molar-refractivity contribution in [3.05, 3.63) is 0 Å². The number of nitrogens with two attached hydrogens (primary N) is 1. The first kappa shape index (κ1) is 16.0. The highest BCUT2D eigenvalue weighted by molar-refractivity contribution is 5.83. The van der Waals surface area contributed by atoms with Crippen LogP contribution in [0.25, 0.3) is 0 Å². The molecule has 110 valence electrons. The van der Waals surface area contributed by atoms with Crippen LogP contribution in [0.5, 0.6) is 0 Å². The number of hydrogen-bond donors (Lipinski definition) is 2. The number of hydrogen-bond acceptors (Lipinski definition) is 3. The van der Waals surface area contributed by atoms with E-state index in [0.29, 0.717) is 25.3 Å². The van der Waals surface area contributed by atoms with Crippen molar-refractivity contribution in [3.8, 4) is 0 Å². The molecule has 1 saturated heterocycles. The van der Waals surface area contributed by atoms with Gasteiger partial charge in [-0.2, -0.15) is 0 Å². The predicted molar refractivity (Wildman–Crippen MR) is 73.6 cm³/mol. The fourth-order valence-electron chi connectivity index (χ4n) is 2.77. The van der Waals surface area contributed by atoms with Gasteiger partial charge in [-0.3, -0.25) is 9.59 Å². The minimum atomic E-state index is -1.26. The van der Waals surface area contributed by atoms with Crippen LogP contribution >= 0.6 is 0 Å². The van der Waals surface area contributed by atoms with E-state index in [1.54, 1.807) is 4.90 Å². The molecule has 1 aliphatic heterocycles. The summed E-state index contributed by atoms with van der Waals surface area (Å²) in [6, 6.07) is 0. The van der Waals surface area contributed by atoms with Crippen LogP contribution in [0.3, 0.4) is 0 Å². The van der Waals surface area contributed by atoms with E-state index in [-0.39, 0.29) is 17.9 Å². The second kappa shape index (κ2) is 5.49. The van der Waals surface area contributed by atoms with E-state index in [4.69, 9.17) is 10.8 Å². The van der Waals surface area contributed by atoms with E-state index in [1.165, 1.54) is 0 Å². The summed E-state index contributed by atoms with van der Waals surface area (Å²) in [6.45, 7) is 9.09. The number of carboxylic acid groups (broad SMARTS) is 1. The Labute approximate surface area is 115 Å². The molecule has 1 rings (SSSR count). The lowest BCUT2D eigenvalue weighted by Gasteiger charge is -2.25. The van der Waals surface area contributed by atoms with Crippen molar-refractivity contribution in [2.24, 2.45) is 17.1 Å². The Bertz CT molecular complexity index is 362. The maximum atomic E-state index is 12.1. The minimum absolute atomic E-state index is 0.0188. The zero-order valence-electron chi connectivity index (χ0n) is 12.4. The zero-order valence-corrected chi connectivity index (χ0v) is 12.4. The largest absolute Gasteiger partial charge is 0.480 e. The van der Waals surface area contributed by atoms with Gasteiger partial charge < -0.3 is 15.7 Å². The number of aliphatic carboxylic acids is 1. The first-order chi connectivity index (χ1) is 8.53. The highest BCUT2D eigenvalue weighted by atomic mass is 16.4. The Morgan fingerprint density at radius 3 is 2.42 bits per heavy atom. The second-order valence-corrected chi connectivity index (χ2v) is 7.10. The van der Waals surface area contributed by atoms with Crippen LogP contribution in [-0.2, 0) is 9.59 Å². The molecule has 3 N–H and O–H groups in total. The van der Waals surface area contributed by atoms with E-state index in [0.717, 1.165) is 6.42 Å². The number of carbonyl (C=O) groups is 2. The summed E-state index contributed by atoms with van der Waals surface area (Å²) in [7, 11) is 0. The average molecular weight is 270 g/mol. The van der Waals surface area contributed by atoms with E-state index in [2.05, 4.69) is 27.7 Å². The third-order valence-corrected chi connectivity index (χ3v) is 3.56. The zero-order chi connectivity index (χ0) is 14.8. The number of amides is 1. The van der Waals surface area contributed by atoms with Crippen molar-refractivity contribution in [1.29, 1.82) is 0 Å². The highest BCUT2D eigenvalue weighted by Crippen LogP contribution is 2.27. The number of carboxylic acids is 1. The fraction of sp³-hybridized carbons (Fsp3) is 0.857. The monoisotopic (exact) mass is 270 g/mol. The SMILES string of the molecule is CC(CC(=O)N1CCC(N)(C(=O)O)C1)CC(C)(C)C. The van der Waals surface area contributed by atoms with Gasteiger partial charge >= 0.3 is 5.97 Å². The first-order valence-electron chi connectivity index (χ1n) is 6.83. The summed E-state index contributed by atoms with van der Waals surface area (Å²) >= 11 is 0. The summed E-state index contributed by atoms with van der Waals surface area (Å²) in [6.07, 6.45) is 1.77. The normalized spacial score (nSPS) is 25.4. The molecule has 2 unspecified atom stereocenters. The topological polar surface area (TPSA) is 83.6 Å². The second-order valence-electron chi connectivity index (χ2n) is 7.10. The Balaban J connectivity index is 2.50. The van der Waals surface area contributed by atoms with E-state index < -0.39 is 11.5 Å². The predicted octanol–water partition coefficient (Wildman–Crippen LogP) is 1.46. The molecule has 0 bridgehead atoms. The van der Waals surface area contributed by atoms with Crippen molar-refractivity contribution < 1.29 is 14.7 Å². The van der Waals surface area contributed by atoms with Crippen LogP contribution in [-0.4, -0.2) is 40.5 Å². The van der Waals surface area contributed by atoms with Crippen LogP contribution in [0.2, 0.25) is 0 Å². The van der Waals surface area contributed by atoms with Crippen LogP contribution in [0.4, 0.5) is 0 Å². The summed E-state index contributed by atoms with van der Waals surface area (Å²) in [5.74, 6) is -0.707. The Kier molecular flexibility index (Phi) is 4.61. The van der Waals surface area contributed by atoms with Gasteiger partial charge in [0.2, 0.25) is 5.91 Å². The molecule has 0 radical (unpaired) electrons. The standard InChI is InChI=1S/C14H26N2O3/c1-10(8-13(2,3)4)7-11(17)16-6-5-14(15,9-16)12(18)19/h10H,5-9,15H2,1-4H3,(H,18,19). The highest BCUT2D eigenvalue weighted by Gasteiger charge is 2.42. The summed E-state index contributed by atoms with van der Waals surface area (Å²) < 4.78 is 0. The molecule has 0 aromatic heterocycles. The Morgan fingerprint density at radius 2 is 2.00 bits per heavy atom. The molecular weight excluding hydrogens is 244 g/mol. The van der Waals surface area contributed by atoms with Gasteiger partial charge in [-0.1, -0.05) is 27.7 Å². The van der Waals surface area contributed by atoms with Crippen molar-refractivity contribution >= 4 is 11.9 Å². The lowest BCUT2D eigenvalue weighted by molar-refractivity contribution is -0.143. The molecule has 1 heterocycles. The maximum Gasteiger partial charge on any atom is 0.325 e. The molecule has 19 heavy (non-hydrogen) atoms. The van der Waals surface area contributed by atoms with Crippen LogP contribution in [0.1, 0.15) is 47.0 Å². The van der Waals surface area contributed by atoms with E-state index in [9.17, 15) is 9.59 Å². The van der Waals surface area contributed by atoms with Gasteiger partial charge in [0.15, 0.2) is 0 Å². The quantitative estimate of drug-likeness (QED) is 0.810. The van der Waals surface area contributed by atoms with Crippen molar-refractivity contribution in [1.82, 2.24) is 4.90 Å². The maximum absolute atomic E-state index is 12.1. The Morgan fingerprint density at radius 1 is 1.42 bits per heavy atom. The van der Waals surface area contributed by atoms with Gasteiger partial charge in [-0.15, -0.1) is 0 Å². The molecule has 2 atom stereocenters. The average Bonchev–Trinajstić information content (AvgIpc) is 2.59. The summed E-state index contributed by atoms with van der Waals surface area (Å²) in [4.78, 5) is 24.8. The van der Waals surface area contributed by atoms with Crippen molar-refractivity contribution in [2.75, 3.05) is 13.1 Å². The molecule has 1 aliphatic rings. The molecule has 5 nitrogen and oxygen atoms in total. The van der Waals surface area contributed by atoms with Crippen molar-refractivity contribution in [3.63, 3.8) is 0 Å². The summed E-state index contributed by atoms with van der Waals surface area (Å²) in [5, 5.41) is 9.04. The smallest absolute Gasteiger partial charge is 0.325 e. The minimum Gasteiger partial charge on any atom is -0.480 e. The van der Waals surface area contributed by atoms with E-state index >= 15 is 0 Å². The molecule has 1 amide bonds. The molecule has 1 fully saturated rings.